The fraction of sp³-hybridized carbons (Fsp3) is 0.556. The van der Waals surface area contributed by atoms with Crippen LogP contribution in [-0.2, 0) is 13.1 Å². The lowest BCUT2D eigenvalue weighted by molar-refractivity contribution is 0.591. The third-order valence-corrected chi connectivity index (χ3v) is 3.87. The summed E-state index contributed by atoms with van der Waals surface area (Å²) >= 11 is 0. The Kier molecular flexibility index (Phi) is 6.13. The first-order valence-corrected chi connectivity index (χ1v) is 8.14. The van der Waals surface area contributed by atoms with Crippen molar-refractivity contribution in [2.24, 2.45) is 0 Å². The first-order valence-electron chi connectivity index (χ1n) is 8.14. The molecule has 1 N–H and O–H groups in total. The summed E-state index contributed by atoms with van der Waals surface area (Å²) in [7, 11) is 0. The molecule has 0 aliphatic heterocycles. The quantitative estimate of drug-likeness (QED) is 0.653. The molecule has 0 unspecified atom stereocenters. The van der Waals surface area contributed by atoms with Crippen molar-refractivity contribution in [3.8, 4) is 0 Å². The number of hydrogen-bond acceptors (Lipinski definition) is 1. The van der Waals surface area contributed by atoms with Gasteiger partial charge >= 0.3 is 0 Å². The molecule has 2 nitrogen and oxygen atoms in total. The molecule has 0 bridgehead atoms. The normalized spacial score (nSPS) is 11.3. The summed E-state index contributed by atoms with van der Waals surface area (Å²) in [6.07, 6.45) is 8.72. The number of hydrogen-bond donors (Lipinski definition) is 1. The highest BCUT2D eigenvalue weighted by Gasteiger charge is 2.06. The molecule has 1 aromatic carbocycles. The summed E-state index contributed by atoms with van der Waals surface area (Å²) < 4.78 is 2.44. The van der Waals surface area contributed by atoms with Gasteiger partial charge in [-0.15, -0.1) is 0 Å². The summed E-state index contributed by atoms with van der Waals surface area (Å²) in [5, 5.41) is 4.90. The number of unbranched alkanes of at least 4 members (excludes halogenated alkanes) is 3. The topological polar surface area (TPSA) is 17.0 Å². The van der Waals surface area contributed by atoms with Crippen LogP contribution < -0.4 is 5.32 Å². The first-order chi connectivity index (χ1) is 9.86. The van der Waals surface area contributed by atoms with E-state index in [-0.39, 0.29) is 0 Å². The van der Waals surface area contributed by atoms with Crippen molar-refractivity contribution in [3.63, 3.8) is 0 Å². The summed E-state index contributed by atoms with van der Waals surface area (Å²) in [6, 6.07) is 8.90. The van der Waals surface area contributed by atoms with Crippen molar-refractivity contribution < 1.29 is 0 Å². The van der Waals surface area contributed by atoms with Gasteiger partial charge in [0.2, 0.25) is 0 Å². The van der Waals surface area contributed by atoms with Crippen molar-refractivity contribution in [2.75, 3.05) is 6.54 Å². The predicted octanol–water partition coefficient (Wildman–Crippen LogP) is 4.72. The molecule has 2 heteroatoms. The lowest BCUT2D eigenvalue weighted by atomic mass is 10.1. The molecule has 2 rings (SSSR count). The number of nitrogens with zero attached hydrogens (tertiary/aromatic N) is 1. The number of aromatic nitrogens is 1. The molecule has 0 atom stereocenters. The Bertz CT molecular complexity index is 513. The fourth-order valence-electron chi connectivity index (χ4n) is 2.78. The zero-order chi connectivity index (χ0) is 14.2. The van der Waals surface area contributed by atoms with Crippen LogP contribution in [0.25, 0.3) is 10.9 Å². The molecule has 1 aromatic heterocycles. The van der Waals surface area contributed by atoms with Crippen LogP contribution in [0.1, 0.15) is 51.5 Å². The van der Waals surface area contributed by atoms with Crippen molar-refractivity contribution in [2.45, 2.75) is 59.0 Å². The number of para-hydroxylation sites is 1. The average molecular weight is 272 g/mol. The highest BCUT2D eigenvalue weighted by atomic mass is 15.0. The van der Waals surface area contributed by atoms with Crippen LogP contribution in [-0.4, -0.2) is 11.1 Å². The fourth-order valence-corrected chi connectivity index (χ4v) is 2.78. The van der Waals surface area contributed by atoms with Crippen molar-refractivity contribution >= 4 is 10.9 Å². The van der Waals surface area contributed by atoms with Crippen LogP contribution in [0.5, 0.6) is 0 Å². The van der Waals surface area contributed by atoms with Crippen molar-refractivity contribution in [3.05, 3.63) is 36.0 Å². The Morgan fingerprint density at radius 3 is 2.70 bits per heavy atom. The van der Waals surface area contributed by atoms with Gasteiger partial charge in [0.05, 0.1) is 5.52 Å². The van der Waals surface area contributed by atoms with E-state index in [1.807, 2.05) is 0 Å². The largest absolute Gasteiger partial charge is 0.347 e. The maximum atomic E-state index is 3.52. The number of rotatable bonds is 9. The standard InChI is InChI=1S/C18H28N2/c1-3-5-6-7-13-20-14-11-16-9-8-10-17(18(16)20)15-19-12-4-2/h8-11,14,19H,3-7,12-13,15H2,1-2H3. The maximum Gasteiger partial charge on any atom is 0.0525 e. The molecule has 0 amide bonds. The Labute approximate surface area is 123 Å². The monoisotopic (exact) mass is 272 g/mol. The lowest BCUT2D eigenvalue weighted by Gasteiger charge is -2.10. The summed E-state index contributed by atoms with van der Waals surface area (Å²) in [4.78, 5) is 0. The molecule has 20 heavy (non-hydrogen) atoms. The molecular formula is C18H28N2. The van der Waals surface area contributed by atoms with Gasteiger partial charge in [-0.25, -0.2) is 0 Å². The van der Waals surface area contributed by atoms with Crippen molar-refractivity contribution in [1.82, 2.24) is 9.88 Å². The van der Waals surface area contributed by atoms with E-state index in [4.69, 9.17) is 0 Å². The summed E-state index contributed by atoms with van der Waals surface area (Å²) in [6.45, 7) is 7.69. The van der Waals surface area contributed by atoms with Gasteiger partial charge in [0.1, 0.15) is 0 Å². The van der Waals surface area contributed by atoms with E-state index in [9.17, 15) is 0 Å². The SMILES string of the molecule is CCCCCCn1ccc2cccc(CNCCC)c21. The van der Waals surface area contributed by atoms with Crippen LogP contribution >= 0.6 is 0 Å². The van der Waals surface area contributed by atoms with E-state index in [1.54, 1.807) is 0 Å². The number of aryl methyl sites for hydroxylation is 1. The maximum absolute atomic E-state index is 3.52. The van der Waals surface area contributed by atoms with E-state index in [0.29, 0.717) is 0 Å². The van der Waals surface area contributed by atoms with Gasteiger partial charge in [0.15, 0.2) is 0 Å². The van der Waals surface area contributed by atoms with E-state index in [1.165, 1.54) is 48.6 Å². The highest BCUT2D eigenvalue weighted by Crippen LogP contribution is 2.21. The molecule has 0 aliphatic rings. The van der Waals surface area contributed by atoms with Crippen LogP contribution in [0.2, 0.25) is 0 Å². The van der Waals surface area contributed by atoms with E-state index in [2.05, 4.69) is 54.2 Å². The minimum absolute atomic E-state index is 0.976. The van der Waals surface area contributed by atoms with E-state index >= 15 is 0 Å². The minimum Gasteiger partial charge on any atom is -0.347 e. The molecule has 0 spiro atoms. The summed E-state index contributed by atoms with van der Waals surface area (Å²) in [5.41, 5.74) is 2.85. The second kappa shape index (κ2) is 8.11. The molecular weight excluding hydrogens is 244 g/mol. The molecule has 110 valence electrons. The first kappa shape index (κ1) is 15.1. The second-order valence-corrected chi connectivity index (χ2v) is 5.60. The van der Waals surface area contributed by atoms with Gasteiger partial charge < -0.3 is 9.88 Å². The molecule has 2 aromatic rings. The van der Waals surface area contributed by atoms with Gasteiger partial charge in [-0.1, -0.05) is 51.3 Å². The molecule has 0 radical (unpaired) electrons. The number of fused-ring (bicyclic) bond motifs is 1. The third-order valence-electron chi connectivity index (χ3n) is 3.87. The molecule has 0 saturated carbocycles. The number of nitrogens with one attached hydrogen (secondary N) is 1. The molecule has 0 aliphatic carbocycles. The average Bonchev–Trinajstić information content (AvgIpc) is 2.88. The highest BCUT2D eigenvalue weighted by molar-refractivity contribution is 5.83. The summed E-state index contributed by atoms with van der Waals surface area (Å²) in [5.74, 6) is 0. The van der Waals surface area contributed by atoms with Crippen LogP contribution in [0.3, 0.4) is 0 Å². The predicted molar refractivity (Wildman–Crippen MR) is 88.1 cm³/mol. The Morgan fingerprint density at radius 2 is 1.90 bits per heavy atom. The van der Waals surface area contributed by atoms with E-state index in [0.717, 1.165) is 19.6 Å². The van der Waals surface area contributed by atoms with Crippen LogP contribution in [0, 0.1) is 0 Å². The van der Waals surface area contributed by atoms with Gasteiger partial charge in [-0.3, -0.25) is 0 Å². The number of benzene rings is 1. The van der Waals surface area contributed by atoms with Crippen LogP contribution in [0.4, 0.5) is 0 Å². The van der Waals surface area contributed by atoms with Crippen molar-refractivity contribution in [1.29, 1.82) is 0 Å². The van der Waals surface area contributed by atoms with E-state index < -0.39 is 0 Å². The molecule has 0 fully saturated rings. The zero-order valence-electron chi connectivity index (χ0n) is 13.0. The molecule has 1 heterocycles. The zero-order valence-corrected chi connectivity index (χ0v) is 13.0. The lowest BCUT2D eigenvalue weighted by Crippen LogP contribution is -2.14. The van der Waals surface area contributed by atoms with Gasteiger partial charge in [0, 0.05) is 19.3 Å². The van der Waals surface area contributed by atoms with Gasteiger partial charge in [-0.05, 0) is 36.4 Å². The van der Waals surface area contributed by atoms with Gasteiger partial charge in [0.25, 0.3) is 0 Å². The van der Waals surface area contributed by atoms with Gasteiger partial charge in [-0.2, -0.15) is 0 Å². The smallest absolute Gasteiger partial charge is 0.0525 e. The molecule has 0 saturated heterocycles. The Morgan fingerprint density at radius 1 is 1.00 bits per heavy atom. The van der Waals surface area contributed by atoms with Crippen LogP contribution in [0.15, 0.2) is 30.5 Å². The second-order valence-electron chi connectivity index (χ2n) is 5.60. The minimum atomic E-state index is 0.976. The Hall–Kier alpha value is -1.28. The third kappa shape index (κ3) is 3.86. The Balaban J connectivity index is 2.09.